The summed E-state index contributed by atoms with van der Waals surface area (Å²) < 4.78 is 0. The van der Waals surface area contributed by atoms with E-state index in [-0.39, 0.29) is 18.3 Å². The van der Waals surface area contributed by atoms with Gasteiger partial charge in [-0.05, 0) is 37.1 Å². The van der Waals surface area contributed by atoms with Gasteiger partial charge >= 0.3 is 0 Å². The molecule has 0 spiro atoms. The third-order valence-electron chi connectivity index (χ3n) is 4.28. The standard InChI is InChI=1S/C17H26N4O2.ClH/c18-9-8-16(22)20-11-15-3-1-2-10-21(15)12-13-4-6-14(7-5-13)17(19)23;/h4-7,15H,1-3,8-12,18H2,(H2,19,23)(H,20,22);1H. The summed E-state index contributed by atoms with van der Waals surface area (Å²) >= 11 is 0. The van der Waals surface area contributed by atoms with Crippen molar-refractivity contribution in [3.63, 3.8) is 0 Å². The number of nitrogens with zero attached hydrogens (tertiary/aromatic N) is 1. The monoisotopic (exact) mass is 354 g/mol. The lowest BCUT2D eigenvalue weighted by molar-refractivity contribution is -0.121. The summed E-state index contributed by atoms with van der Waals surface area (Å²) in [4.78, 5) is 25.1. The number of nitrogens with one attached hydrogen (secondary N) is 1. The Bertz CT molecular complexity index is 536. The number of likely N-dealkylation sites (tertiary alicyclic amines) is 1. The molecule has 1 aliphatic heterocycles. The van der Waals surface area contributed by atoms with E-state index in [1.54, 1.807) is 12.1 Å². The Labute approximate surface area is 149 Å². The van der Waals surface area contributed by atoms with E-state index < -0.39 is 5.91 Å². The van der Waals surface area contributed by atoms with Crippen LogP contribution < -0.4 is 16.8 Å². The Balaban J connectivity index is 0.00000288. The lowest BCUT2D eigenvalue weighted by atomic mass is 10.0. The highest BCUT2D eigenvalue weighted by atomic mass is 35.5. The van der Waals surface area contributed by atoms with E-state index in [4.69, 9.17) is 11.5 Å². The van der Waals surface area contributed by atoms with Crippen LogP contribution in [0.25, 0.3) is 0 Å². The SMILES string of the molecule is Cl.NCCC(=O)NCC1CCCCN1Cc1ccc(C(N)=O)cc1. The summed E-state index contributed by atoms with van der Waals surface area (Å²) in [5.74, 6) is -0.390. The first-order valence-electron chi connectivity index (χ1n) is 8.19. The third-order valence-corrected chi connectivity index (χ3v) is 4.28. The predicted molar refractivity (Wildman–Crippen MR) is 96.9 cm³/mol. The van der Waals surface area contributed by atoms with Gasteiger partial charge in [0.2, 0.25) is 11.8 Å². The average Bonchev–Trinajstić information content (AvgIpc) is 2.55. The predicted octanol–water partition coefficient (Wildman–Crippen LogP) is 1.03. The maximum absolute atomic E-state index is 11.6. The van der Waals surface area contributed by atoms with Crippen molar-refractivity contribution in [2.45, 2.75) is 38.3 Å². The minimum atomic E-state index is -0.407. The van der Waals surface area contributed by atoms with Gasteiger partial charge in [0.25, 0.3) is 0 Å². The molecule has 0 saturated carbocycles. The summed E-state index contributed by atoms with van der Waals surface area (Å²) in [6.07, 6.45) is 3.82. The zero-order chi connectivity index (χ0) is 16.7. The van der Waals surface area contributed by atoms with E-state index in [1.165, 1.54) is 12.8 Å². The fourth-order valence-corrected chi connectivity index (χ4v) is 2.96. The maximum atomic E-state index is 11.6. The van der Waals surface area contributed by atoms with Crippen LogP contribution in [0.1, 0.15) is 41.6 Å². The zero-order valence-electron chi connectivity index (χ0n) is 13.9. The topological polar surface area (TPSA) is 101 Å². The minimum absolute atomic E-state index is 0. The molecule has 134 valence electrons. The van der Waals surface area contributed by atoms with Gasteiger partial charge in [-0.15, -0.1) is 12.4 Å². The quantitative estimate of drug-likeness (QED) is 0.680. The third kappa shape index (κ3) is 6.11. The second-order valence-electron chi connectivity index (χ2n) is 6.02. The van der Waals surface area contributed by atoms with Gasteiger partial charge in [-0.25, -0.2) is 0 Å². The molecule has 24 heavy (non-hydrogen) atoms. The highest BCUT2D eigenvalue weighted by Gasteiger charge is 2.22. The van der Waals surface area contributed by atoms with E-state index in [0.29, 0.717) is 31.1 Å². The van der Waals surface area contributed by atoms with Gasteiger partial charge in [0.1, 0.15) is 0 Å². The summed E-state index contributed by atoms with van der Waals surface area (Å²) in [5, 5.41) is 2.97. The Morgan fingerprint density at radius 1 is 1.21 bits per heavy atom. The summed E-state index contributed by atoms with van der Waals surface area (Å²) in [7, 11) is 0. The van der Waals surface area contributed by atoms with E-state index in [9.17, 15) is 9.59 Å². The molecule has 2 rings (SSSR count). The van der Waals surface area contributed by atoms with Gasteiger partial charge in [-0.3, -0.25) is 14.5 Å². The Kier molecular flexibility index (Phi) is 8.74. The van der Waals surface area contributed by atoms with Crippen molar-refractivity contribution in [2.75, 3.05) is 19.6 Å². The number of amides is 2. The first kappa shape index (κ1) is 20.4. The van der Waals surface area contributed by atoms with Crippen LogP contribution in [0.5, 0.6) is 0 Å². The van der Waals surface area contributed by atoms with E-state index in [2.05, 4.69) is 10.2 Å². The van der Waals surface area contributed by atoms with Gasteiger partial charge in [0.15, 0.2) is 0 Å². The number of hydrogen-bond acceptors (Lipinski definition) is 4. The van der Waals surface area contributed by atoms with Crippen LogP contribution in [0.3, 0.4) is 0 Å². The van der Waals surface area contributed by atoms with Crippen molar-refractivity contribution in [3.8, 4) is 0 Å². The largest absolute Gasteiger partial charge is 0.366 e. The number of hydrogen-bond donors (Lipinski definition) is 3. The molecule has 1 heterocycles. The van der Waals surface area contributed by atoms with Crippen LogP contribution in [-0.2, 0) is 11.3 Å². The Morgan fingerprint density at radius 2 is 1.92 bits per heavy atom. The normalized spacial score (nSPS) is 17.8. The van der Waals surface area contributed by atoms with Crippen molar-refractivity contribution in [1.29, 1.82) is 0 Å². The fourth-order valence-electron chi connectivity index (χ4n) is 2.96. The van der Waals surface area contributed by atoms with Gasteiger partial charge < -0.3 is 16.8 Å². The van der Waals surface area contributed by atoms with Crippen molar-refractivity contribution in [1.82, 2.24) is 10.2 Å². The van der Waals surface area contributed by atoms with Crippen LogP contribution in [0, 0.1) is 0 Å². The molecule has 1 atom stereocenters. The molecule has 2 amide bonds. The van der Waals surface area contributed by atoms with Crippen molar-refractivity contribution in [2.24, 2.45) is 11.5 Å². The lowest BCUT2D eigenvalue weighted by Crippen LogP contribution is -2.46. The zero-order valence-corrected chi connectivity index (χ0v) is 14.7. The number of nitrogens with two attached hydrogens (primary N) is 2. The second kappa shape index (κ2) is 10.3. The molecule has 1 saturated heterocycles. The highest BCUT2D eigenvalue weighted by Crippen LogP contribution is 2.19. The molecule has 0 aromatic heterocycles. The number of piperidine rings is 1. The molecular weight excluding hydrogens is 328 g/mol. The van der Waals surface area contributed by atoms with Crippen LogP contribution >= 0.6 is 12.4 Å². The van der Waals surface area contributed by atoms with Crippen LogP contribution in [0.15, 0.2) is 24.3 Å². The van der Waals surface area contributed by atoms with E-state index in [0.717, 1.165) is 25.1 Å². The first-order chi connectivity index (χ1) is 11.1. The smallest absolute Gasteiger partial charge is 0.248 e. The Hall–Kier alpha value is -1.63. The molecule has 6 nitrogen and oxygen atoms in total. The van der Waals surface area contributed by atoms with Gasteiger partial charge in [0, 0.05) is 37.7 Å². The maximum Gasteiger partial charge on any atom is 0.248 e. The Morgan fingerprint density at radius 3 is 2.54 bits per heavy atom. The van der Waals surface area contributed by atoms with Gasteiger partial charge in [-0.1, -0.05) is 18.6 Å². The van der Waals surface area contributed by atoms with Crippen molar-refractivity contribution in [3.05, 3.63) is 35.4 Å². The molecular formula is C17H27ClN4O2. The average molecular weight is 355 g/mol. The fraction of sp³-hybridized carbons (Fsp3) is 0.529. The lowest BCUT2D eigenvalue weighted by Gasteiger charge is -2.36. The number of halogens is 1. The summed E-state index contributed by atoms with van der Waals surface area (Å²) in [5.41, 5.74) is 12.3. The van der Waals surface area contributed by atoms with E-state index >= 15 is 0 Å². The molecule has 5 N–H and O–H groups in total. The number of primary amides is 1. The number of rotatable bonds is 7. The number of carbonyl (C=O) groups is 2. The molecule has 1 aliphatic rings. The van der Waals surface area contributed by atoms with E-state index in [1.807, 2.05) is 12.1 Å². The number of benzene rings is 1. The highest BCUT2D eigenvalue weighted by molar-refractivity contribution is 5.92. The molecule has 1 unspecified atom stereocenters. The van der Waals surface area contributed by atoms with Crippen molar-refractivity contribution < 1.29 is 9.59 Å². The molecule has 7 heteroatoms. The molecule has 1 aromatic rings. The first-order valence-corrected chi connectivity index (χ1v) is 8.19. The molecule has 1 fully saturated rings. The summed E-state index contributed by atoms with van der Waals surface area (Å²) in [6, 6.07) is 7.76. The van der Waals surface area contributed by atoms with Crippen molar-refractivity contribution >= 4 is 24.2 Å². The van der Waals surface area contributed by atoms with Gasteiger partial charge in [-0.2, -0.15) is 0 Å². The second-order valence-corrected chi connectivity index (χ2v) is 6.02. The van der Waals surface area contributed by atoms with Crippen LogP contribution in [0.4, 0.5) is 0 Å². The minimum Gasteiger partial charge on any atom is -0.366 e. The summed E-state index contributed by atoms with van der Waals surface area (Å²) in [6.45, 7) is 2.89. The van der Waals surface area contributed by atoms with Gasteiger partial charge in [0.05, 0.1) is 0 Å². The van der Waals surface area contributed by atoms with Crippen LogP contribution in [0.2, 0.25) is 0 Å². The van der Waals surface area contributed by atoms with Crippen LogP contribution in [-0.4, -0.2) is 42.4 Å². The molecule has 0 radical (unpaired) electrons. The number of carbonyl (C=O) groups excluding carboxylic acids is 2. The molecule has 0 bridgehead atoms. The molecule has 0 aliphatic carbocycles. The molecule has 1 aromatic carbocycles.